The highest BCUT2D eigenvalue weighted by atomic mass is 16.5. The number of nitrogens with zero attached hydrogens (tertiary/aromatic N) is 1. The Morgan fingerprint density at radius 1 is 1.24 bits per heavy atom. The molecule has 17 heavy (non-hydrogen) atoms. The highest BCUT2D eigenvalue weighted by molar-refractivity contribution is 4.84. The summed E-state index contributed by atoms with van der Waals surface area (Å²) in [4.78, 5) is 2.24. The standard InChI is InChI=1S/C13H28N2O2/c1-15(10-11-17-2)9-8-14-12-13(16)6-4-3-5-7-13/h14,16H,3-12H2,1-2H3. The van der Waals surface area contributed by atoms with Crippen LogP contribution >= 0.6 is 0 Å². The third-order valence-corrected chi connectivity index (χ3v) is 3.59. The summed E-state index contributed by atoms with van der Waals surface area (Å²) in [7, 11) is 3.82. The minimum atomic E-state index is -0.441. The summed E-state index contributed by atoms with van der Waals surface area (Å²) in [5, 5.41) is 13.7. The van der Waals surface area contributed by atoms with Gasteiger partial charge in [0, 0.05) is 33.3 Å². The van der Waals surface area contributed by atoms with Crippen molar-refractivity contribution in [3.63, 3.8) is 0 Å². The minimum absolute atomic E-state index is 0.441. The van der Waals surface area contributed by atoms with E-state index in [1.807, 2.05) is 0 Å². The fourth-order valence-corrected chi connectivity index (χ4v) is 2.34. The van der Waals surface area contributed by atoms with Crippen LogP contribution in [0.15, 0.2) is 0 Å². The summed E-state index contributed by atoms with van der Waals surface area (Å²) in [6, 6.07) is 0. The van der Waals surface area contributed by atoms with Crippen LogP contribution < -0.4 is 5.32 Å². The van der Waals surface area contributed by atoms with Crippen LogP contribution in [0.4, 0.5) is 0 Å². The van der Waals surface area contributed by atoms with E-state index in [1.54, 1.807) is 7.11 Å². The molecular weight excluding hydrogens is 216 g/mol. The van der Waals surface area contributed by atoms with E-state index in [2.05, 4.69) is 17.3 Å². The van der Waals surface area contributed by atoms with Crippen LogP contribution in [0.3, 0.4) is 0 Å². The zero-order chi connectivity index (χ0) is 12.6. The van der Waals surface area contributed by atoms with Gasteiger partial charge in [-0.05, 0) is 19.9 Å². The lowest BCUT2D eigenvalue weighted by Crippen LogP contribution is -2.44. The van der Waals surface area contributed by atoms with Crippen LogP contribution in [-0.2, 0) is 4.74 Å². The molecule has 4 nitrogen and oxygen atoms in total. The van der Waals surface area contributed by atoms with Crippen LogP contribution in [0, 0.1) is 0 Å². The van der Waals surface area contributed by atoms with Crippen molar-refractivity contribution < 1.29 is 9.84 Å². The SMILES string of the molecule is COCCN(C)CCNCC1(O)CCCCC1. The highest BCUT2D eigenvalue weighted by Gasteiger charge is 2.28. The molecule has 1 aliphatic carbocycles. The Kier molecular flexibility index (Phi) is 7.04. The van der Waals surface area contributed by atoms with Crippen molar-refractivity contribution in [2.75, 3.05) is 46.9 Å². The molecule has 0 aromatic heterocycles. The molecule has 0 heterocycles. The second kappa shape index (κ2) is 8.03. The molecule has 1 saturated carbocycles. The van der Waals surface area contributed by atoms with Crippen molar-refractivity contribution >= 4 is 0 Å². The monoisotopic (exact) mass is 244 g/mol. The van der Waals surface area contributed by atoms with E-state index in [0.29, 0.717) is 0 Å². The second-order valence-electron chi connectivity index (χ2n) is 5.26. The van der Waals surface area contributed by atoms with E-state index >= 15 is 0 Å². The number of rotatable bonds is 8. The molecule has 0 radical (unpaired) electrons. The van der Waals surface area contributed by atoms with Gasteiger partial charge in [0.05, 0.1) is 12.2 Å². The molecule has 4 heteroatoms. The summed E-state index contributed by atoms with van der Waals surface area (Å²) in [5.41, 5.74) is -0.441. The number of aliphatic hydroxyl groups is 1. The van der Waals surface area contributed by atoms with Gasteiger partial charge in [0.1, 0.15) is 0 Å². The van der Waals surface area contributed by atoms with Gasteiger partial charge >= 0.3 is 0 Å². The molecule has 0 spiro atoms. The van der Waals surface area contributed by atoms with Gasteiger partial charge in [0.2, 0.25) is 0 Å². The van der Waals surface area contributed by atoms with Gasteiger partial charge in [-0.2, -0.15) is 0 Å². The summed E-state index contributed by atoms with van der Waals surface area (Å²) >= 11 is 0. The van der Waals surface area contributed by atoms with Crippen molar-refractivity contribution in [1.29, 1.82) is 0 Å². The predicted molar refractivity (Wildman–Crippen MR) is 70.3 cm³/mol. The average Bonchev–Trinajstić information content (AvgIpc) is 2.33. The normalized spacial score (nSPS) is 19.8. The van der Waals surface area contributed by atoms with Gasteiger partial charge in [0.25, 0.3) is 0 Å². The molecule has 0 unspecified atom stereocenters. The van der Waals surface area contributed by atoms with E-state index in [1.165, 1.54) is 19.3 Å². The zero-order valence-electron chi connectivity index (χ0n) is 11.4. The van der Waals surface area contributed by atoms with Crippen LogP contribution in [0.2, 0.25) is 0 Å². The predicted octanol–water partition coefficient (Wildman–Crippen LogP) is 0.849. The van der Waals surface area contributed by atoms with Crippen LogP contribution in [0.5, 0.6) is 0 Å². The number of likely N-dealkylation sites (N-methyl/N-ethyl adjacent to an activating group) is 1. The zero-order valence-corrected chi connectivity index (χ0v) is 11.4. The number of methoxy groups -OCH3 is 1. The molecule has 102 valence electrons. The molecule has 1 fully saturated rings. The Morgan fingerprint density at radius 3 is 2.59 bits per heavy atom. The first-order valence-electron chi connectivity index (χ1n) is 6.77. The Morgan fingerprint density at radius 2 is 1.94 bits per heavy atom. The third-order valence-electron chi connectivity index (χ3n) is 3.59. The number of ether oxygens (including phenoxy) is 1. The lowest BCUT2D eigenvalue weighted by atomic mass is 9.85. The fourth-order valence-electron chi connectivity index (χ4n) is 2.34. The fraction of sp³-hybridized carbons (Fsp3) is 1.00. The van der Waals surface area contributed by atoms with Crippen LogP contribution in [0.25, 0.3) is 0 Å². The molecule has 1 aliphatic rings. The Labute approximate surface area is 105 Å². The van der Waals surface area contributed by atoms with Gasteiger partial charge in [-0.1, -0.05) is 19.3 Å². The largest absolute Gasteiger partial charge is 0.389 e. The molecule has 0 aromatic rings. The van der Waals surface area contributed by atoms with Crippen molar-refractivity contribution in [2.45, 2.75) is 37.7 Å². The quantitative estimate of drug-likeness (QED) is 0.621. The molecule has 0 saturated heterocycles. The van der Waals surface area contributed by atoms with Crippen LogP contribution in [-0.4, -0.2) is 62.6 Å². The Bertz CT molecular complexity index is 194. The van der Waals surface area contributed by atoms with Gasteiger partial charge in [-0.25, -0.2) is 0 Å². The van der Waals surface area contributed by atoms with E-state index in [-0.39, 0.29) is 0 Å². The summed E-state index contributed by atoms with van der Waals surface area (Å²) in [5.74, 6) is 0. The third kappa shape index (κ3) is 6.36. The van der Waals surface area contributed by atoms with Crippen molar-refractivity contribution in [2.24, 2.45) is 0 Å². The first-order valence-corrected chi connectivity index (χ1v) is 6.77. The maximum Gasteiger partial charge on any atom is 0.0771 e. The Hall–Kier alpha value is -0.160. The maximum atomic E-state index is 10.3. The lowest BCUT2D eigenvalue weighted by molar-refractivity contribution is 0.00470. The molecule has 0 aliphatic heterocycles. The van der Waals surface area contributed by atoms with Gasteiger partial charge in [-0.15, -0.1) is 0 Å². The molecule has 0 aromatic carbocycles. The lowest BCUT2D eigenvalue weighted by Gasteiger charge is -2.32. The Balaban J connectivity index is 2.02. The minimum Gasteiger partial charge on any atom is -0.389 e. The van der Waals surface area contributed by atoms with Gasteiger partial charge < -0.3 is 20.1 Å². The number of nitrogens with one attached hydrogen (secondary N) is 1. The van der Waals surface area contributed by atoms with E-state index in [4.69, 9.17) is 4.74 Å². The van der Waals surface area contributed by atoms with Crippen molar-refractivity contribution in [3.8, 4) is 0 Å². The first kappa shape index (κ1) is 14.9. The average molecular weight is 244 g/mol. The smallest absolute Gasteiger partial charge is 0.0771 e. The summed E-state index contributed by atoms with van der Waals surface area (Å²) in [6.07, 6.45) is 5.54. The van der Waals surface area contributed by atoms with E-state index in [0.717, 1.165) is 45.6 Å². The second-order valence-corrected chi connectivity index (χ2v) is 5.26. The van der Waals surface area contributed by atoms with Gasteiger partial charge in [0.15, 0.2) is 0 Å². The molecule has 0 bridgehead atoms. The summed E-state index contributed by atoms with van der Waals surface area (Å²) in [6.45, 7) is 4.41. The van der Waals surface area contributed by atoms with E-state index in [9.17, 15) is 5.11 Å². The highest BCUT2D eigenvalue weighted by Crippen LogP contribution is 2.27. The maximum absolute atomic E-state index is 10.3. The topological polar surface area (TPSA) is 44.7 Å². The first-order chi connectivity index (χ1) is 8.16. The van der Waals surface area contributed by atoms with Crippen molar-refractivity contribution in [1.82, 2.24) is 10.2 Å². The van der Waals surface area contributed by atoms with E-state index < -0.39 is 5.60 Å². The number of hydrogen-bond acceptors (Lipinski definition) is 4. The molecule has 2 N–H and O–H groups in total. The molecular formula is C13H28N2O2. The molecule has 1 rings (SSSR count). The van der Waals surface area contributed by atoms with Crippen LogP contribution in [0.1, 0.15) is 32.1 Å². The molecule has 0 amide bonds. The number of hydrogen-bond donors (Lipinski definition) is 2. The molecule has 0 atom stereocenters. The van der Waals surface area contributed by atoms with Gasteiger partial charge in [-0.3, -0.25) is 0 Å². The summed E-state index contributed by atoms with van der Waals surface area (Å²) < 4.78 is 5.03. The van der Waals surface area contributed by atoms with Crippen molar-refractivity contribution in [3.05, 3.63) is 0 Å².